The fraction of sp³-hybridized carbons (Fsp3) is 0.286. The number of amidine groups is 1. The Bertz CT molecular complexity index is 1210. The third-order valence-electron chi connectivity index (χ3n) is 5.12. The van der Waals surface area contributed by atoms with Crippen molar-refractivity contribution in [2.24, 2.45) is 4.99 Å². The summed E-state index contributed by atoms with van der Waals surface area (Å²) in [7, 11) is -4.10. The summed E-state index contributed by atoms with van der Waals surface area (Å²) >= 11 is 0. The molecule has 0 saturated carbocycles. The van der Waals surface area contributed by atoms with Crippen LogP contribution in [0.4, 0.5) is 15.8 Å². The van der Waals surface area contributed by atoms with Crippen LogP contribution in [0.25, 0.3) is 0 Å². The second-order valence-corrected chi connectivity index (χ2v) is 9.36. The van der Waals surface area contributed by atoms with Crippen LogP contribution in [0.15, 0.2) is 52.4 Å². The van der Waals surface area contributed by atoms with Gasteiger partial charge in [0.15, 0.2) is 0 Å². The first-order chi connectivity index (χ1) is 15.8. The van der Waals surface area contributed by atoms with Gasteiger partial charge in [-0.15, -0.1) is 0 Å². The van der Waals surface area contributed by atoms with Crippen molar-refractivity contribution in [2.75, 3.05) is 43.2 Å². The number of hydrogen-bond donors (Lipinski definition) is 2. The van der Waals surface area contributed by atoms with Gasteiger partial charge in [-0.3, -0.25) is 20.0 Å². The number of amides is 2. The lowest BCUT2D eigenvalue weighted by Gasteiger charge is -2.28. The second-order valence-electron chi connectivity index (χ2n) is 7.46. The molecule has 2 aliphatic rings. The molecule has 1 fully saturated rings. The first-order valence-corrected chi connectivity index (χ1v) is 11.6. The third kappa shape index (κ3) is 4.87. The monoisotopic (exact) mass is 475 g/mol. The molecule has 0 aromatic heterocycles. The number of nitrogens with one attached hydrogen (secondary N) is 2. The van der Waals surface area contributed by atoms with Gasteiger partial charge in [-0.05, 0) is 37.3 Å². The molecule has 10 nitrogen and oxygen atoms in total. The Morgan fingerprint density at radius 2 is 1.85 bits per heavy atom. The Morgan fingerprint density at radius 1 is 1.15 bits per heavy atom. The molecule has 0 radical (unpaired) electrons. The fourth-order valence-corrected chi connectivity index (χ4v) is 4.84. The number of nitrogens with zero attached hydrogens (tertiary/aromatic N) is 3. The van der Waals surface area contributed by atoms with Gasteiger partial charge >= 0.3 is 0 Å². The largest absolute Gasteiger partial charge is 0.379 e. The molecule has 0 bridgehead atoms. The summed E-state index contributed by atoms with van der Waals surface area (Å²) in [6, 6.07) is 10.4. The van der Waals surface area contributed by atoms with E-state index in [4.69, 9.17) is 4.74 Å². The predicted molar refractivity (Wildman–Crippen MR) is 119 cm³/mol. The molecule has 4 rings (SSSR count). The van der Waals surface area contributed by atoms with Crippen molar-refractivity contribution in [2.45, 2.75) is 11.8 Å². The minimum Gasteiger partial charge on any atom is -0.379 e. The van der Waals surface area contributed by atoms with Gasteiger partial charge in [-0.25, -0.2) is 17.8 Å². The fourth-order valence-electron chi connectivity index (χ4n) is 3.34. The van der Waals surface area contributed by atoms with Gasteiger partial charge in [-0.2, -0.15) is 4.31 Å². The molecule has 2 amide bonds. The molecule has 0 atom stereocenters. The zero-order valence-electron chi connectivity index (χ0n) is 17.7. The number of benzene rings is 2. The highest BCUT2D eigenvalue weighted by Gasteiger charge is 2.30. The smallest absolute Gasteiger partial charge is 0.292 e. The molecule has 2 heterocycles. The summed E-state index contributed by atoms with van der Waals surface area (Å²) in [5.74, 6) is -2.13. The Labute approximate surface area is 190 Å². The SMILES string of the molecule is Cc1ccc(N2NC(C(=O)Nc3ccc(F)c(S(=O)(=O)N4CCOCC4)c3)=NCC2=O)cc1. The van der Waals surface area contributed by atoms with E-state index in [9.17, 15) is 22.4 Å². The topological polar surface area (TPSA) is 120 Å². The minimum atomic E-state index is -4.10. The molecule has 2 aromatic rings. The standard InChI is InChI=1S/C21H22FN5O5S/c1-14-2-5-16(6-3-14)27-19(28)13-23-20(25-27)21(29)24-15-4-7-17(22)18(12-15)33(30,31)26-8-10-32-11-9-26/h2-7,12H,8-11,13H2,1H3,(H,23,25)(H,24,29). The lowest BCUT2D eigenvalue weighted by atomic mass is 10.2. The highest BCUT2D eigenvalue weighted by molar-refractivity contribution is 7.89. The van der Waals surface area contributed by atoms with Gasteiger partial charge in [0, 0.05) is 18.8 Å². The van der Waals surface area contributed by atoms with E-state index in [0.29, 0.717) is 5.69 Å². The van der Waals surface area contributed by atoms with Crippen LogP contribution in [0.5, 0.6) is 0 Å². The van der Waals surface area contributed by atoms with E-state index in [0.717, 1.165) is 22.0 Å². The zero-order chi connectivity index (χ0) is 23.6. The van der Waals surface area contributed by atoms with Crippen LogP contribution in [0.3, 0.4) is 0 Å². The number of rotatable bonds is 5. The number of hydrogen-bond acceptors (Lipinski definition) is 7. The van der Waals surface area contributed by atoms with E-state index < -0.39 is 26.6 Å². The number of hydrazine groups is 1. The summed E-state index contributed by atoms with van der Waals surface area (Å²) in [6.45, 7) is 2.33. The second kappa shape index (κ2) is 9.25. The molecule has 0 aliphatic carbocycles. The zero-order valence-corrected chi connectivity index (χ0v) is 18.6. The van der Waals surface area contributed by atoms with Gasteiger partial charge in [0.25, 0.3) is 11.8 Å². The molecule has 33 heavy (non-hydrogen) atoms. The number of halogens is 1. The Morgan fingerprint density at radius 3 is 2.55 bits per heavy atom. The van der Waals surface area contributed by atoms with Gasteiger partial charge in [0.2, 0.25) is 15.9 Å². The normalized spacial score (nSPS) is 17.3. The highest BCUT2D eigenvalue weighted by atomic mass is 32.2. The number of carbonyl (C=O) groups is 2. The van der Waals surface area contributed by atoms with E-state index in [1.165, 1.54) is 11.1 Å². The summed E-state index contributed by atoms with van der Waals surface area (Å²) in [4.78, 5) is 28.4. The van der Waals surface area contributed by atoms with E-state index in [2.05, 4.69) is 15.7 Å². The van der Waals surface area contributed by atoms with Crippen molar-refractivity contribution in [3.63, 3.8) is 0 Å². The number of anilines is 2. The minimum absolute atomic E-state index is 0.0662. The molecule has 0 spiro atoms. The molecule has 2 N–H and O–H groups in total. The maximum atomic E-state index is 14.4. The highest BCUT2D eigenvalue weighted by Crippen LogP contribution is 2.24. The lowest BCUT2D eigenvalue weighted by molar-refractivity contribution is -0.118. The molecule has 1 saturated heterocycles. The predicted octanol–water partition coefficient (Wildman–Crippen LogP) is 1.04. The van der Waals surface area contributed by atoms with Crippen molar-refractivity contribution in [1.82, 2.24) is 9.73 Å². The molecule has 2 aliphatic heterocycles. The van der Waals surface area contributed by atoms with Crippen LogP contribution in [0.1, 0.15) is 5.56 Å². The van der Waals surface area contributed by atoms with Crippen molar-refractivity contribution < 1.29 is 27.1 Å². The van der Waals surface area contributed by atoms with E-state index in [1.54, 1.807) is 12.1 Å². The van der Waals surface area contributed by atoms with Crippen LogP contribution < -0.4 is 15.8 Å². The molecule has 12 heteroatoms. The number of ether oxygens (including phenoxy) is 1. The maximum absolute atomic E-state index is 14.4. The van der Waals surface area contributed by atoms with Gasteiger partial charge < -0.3 is 10.1 Å². The molecule has 2 aromatic carbocycles. The van der Waals surface area contributed by atoms with Crippen LogP contribution >= 0.6 is 0 Å². The van der Waals surface area contributed by atoms with E-state index in [-0.39, 0.29) is 50.3 Å². The van der Waals surface area contributed by atoms with Crippen LogP contribution in [0.2, 0.25) is 0 Å². The number of carbonyl (C=O) groups excluding carboxylic acids is 2. The van der Waals surface area contributed by atoms with E-state index >= 15 is 0 Å². The first kappa shape index (κ1) is 22.8. The van der Waals surface area contributed by atoms with Gasteiger partial charge in [0.05, 0.1) is 18.9 Å². The number of aryl methyl sites for hydroxylation is 1. The van der Waals surface area contributed by atoms with Crippen molar-refractivity contribution in [1.29, 1.82) is 0 Å². The summed E-state index contributed by atoms with van der Waals surface area (Å²) < 4.78 is 46.4. The number of sulfonamides is 1. The van der Waals surface area contributed by atoms with Crippen LogP contribution in [0, 0.1) is 12.7 Å². The van der Waals surface area contributed by atoms with Crippen molar-refractivity contribution in [3.8, 4) is 0 Å². The van der Waals surface area contributed by atoms with Crippen LogP contribution in [-0.4, -0.2) is 63.2 Å². The molecule has 0 unspecified atom stereocenters. The molecular formula is C21H22FN5O5S. The van der Waals surface area contributed by atoms with Crippen molar-refractivity contribution in [3.05, 3.63) is 53.8 Å². The summed E-state index contributed by atoms with van der Waals surface area (Å²) in [6.07, 6.45) is 0. The first-order valence-electron chi connectivity index (χ1n) is 10.2. The van der Waals surface area contributed by atoms with Gasteiger partial charge in [-0.1, -0.05) is 17.7 Å². The van der Waals surface area contributed by atoms with Crippen LogP contribution in [-0.2, 0) is 24.3 Å². The van der Waals surface area contributed by atoms with Crippen molar-refractivity contribution >= 4 is 39.0 Å². The lowest BCUT2D eigenvalue weighted by Crippen LogP contribution is -2.54. The Kier molecular flexibility index (Phi) is 6.40. The number of morpholine rings is 1. The Balaban J connectivity index is 1.52. The molecular weight excluding hydrogens is 453 g/mol. The quantitative estimate of drug-likeness (QED) is 0.667. The summed E-state index contributed by atoms with van der Waals surface area (Å²) in [5.41, 5.74) is 4.28. The average molecular weight is 476 g/mol. The van der Waals surface area contributed by atoms with Gasteiger partial charge in [0.1, 0.15) is 17.3 Å². The average Bonchev–Trinajstić information content (AvgIpc) is 2.81. The Hall–Kier alpha value is -3.35. The third-order valence-corrected chi connectivity index (χ3v) is 7.04. The summed E-state index contributed by atoms with van der Waals surface area (Å²) in [5, 5.41) is 3.71. The number of aliphatic imine (C=N–C) groups is 1. The molecule has 174 valence electrons. The maximum Gasteiger partial charge on any atom is 0.292 e. The van der Waals surface area contributed by atoms with E-state index in [1.807, 2.05) is 19.1 Å².